The van der Waals surface area contributed by atoms with Gasteiger partial charge in [-0.15, -0.1) is 0 Å². The van der Waals surface area contributed by atoms with Crippen LogP contribution in [0.2, 0.25) is 0 Å². The Morgan fingerprint density at radius 2 is 2.15 bits per heavy atom. The zero-order chi connectivity index (χ0) is 14.1. The smallest absolute Gasteiger partial charge is 0.157 e. The third-order valence-electron chi connectivity index (χ3n) is 4.65. The van der Waals surface area contributed by atoms with Crippen molar-refractivity contribution >= 4 is 16.7 Å². The lowest BCUT2D eigenvalue weighted by Gasteiger charge is -2.32. The minimum atomic E-state index is 0.602. The summed E-state index contributed by atoms with van der Waals surface area (Å²) in [5.74, 6) is 0.800. The Labute approximate surface area is 120 Å². The molecule has 4 heteroatoms. The Hall–Kier alpha value is -1.58. The molecule has 20 heavy (non-hydrogen) atoms. The maximum atomic E-state index is 4.56. The summed E-state index contributed by atoms with van der Waals surface area (Å²) in [7, 11) is 1.95. The van der Waals surface area contributed by atoms with Crippen LogP contribution in [0.4, 0.5) is 5.69 Å². The van der Waals surface area contributed by atoms with Crippen molar-refractivity contribution in [3.63, 3.8) is 0 Å². The summed E-state index contributed by atoms with van der Waals surface area (Å²) >= 11 is 0. The molecule has 0 amide bonds. The lowest BCUT2D eigenvalue weighted by Crippen LogP contribution is -2.31. The Morgan fingerprint density at radius 1 is 1.35 bits per heavy atom. The Morgan fingerprint density at radius 3 is 2.95 bits per heavy atom. The molecule has 1 N–H and O–H groups in total. The molecule has 2 atom stereocenters. The summed E-state index contributed by atoms with van der Waals surface area (Å²) in [5.41, 5.74) is 3.15. The van der Waals surface area contributed by atoms with Crippen LogP contribution >= 0.6 is 0 Å². The van der Waals surface area contributed by atoms with E-state index in [1.54, 1.807) is 0 Å². The molecule has 2 aromatic rings. The Bertz CT molecular complexity index is 602. The molecule has 2 unspecified atom stereocenters. The molecular weight excluding hydrogens is 248 g/mol. The van der Waals surface area contributed by atoms with E-state index in [1.165, 1.54) is 32.1 Å². The zero-order valence-electron chi connectivity index (χ0n) is 12.7. The van der Waals surface area contributed by atoms with Crippen LogP contribution in [-0.2, 0) is 7.05 Å². The van der Waals surface area contributed by atoms with Crippen molar-refractivity contribution in [2.24, 2.45) is 13.0 Å². The van der Waals surface area contributed by atoms with Gasteiger partial charge >= 0.3 is 0 Å². The van der Waals surface area contributed by atoms with Gasteiger partial charge in [-0.25, -0.2) is 4.98 Å². The predicted molar refractivity (Wildman–Crippen MR) is 82.9 cm³/mol. The summed E-state index contributed by atoms with van der Waals surface area (Å²) < 4.78 is 1.85. The highest BCUT2D eigenvalue weighted by molar-refractivity contribution is 5.81. The van der Waals surface area contributed by atoms with Crippen LogP contribution in [0.25, 0.3) is 11.0 Å². The molecule has 0 saturated heterocycles. The highest BCUT2D eigenvalue weighted by atomic mass is 15.3. The molecule has 2 aromatic heterocycles. The number of rotatable bonds is 3. The van der Waals surface area contributed by atoms with Crippen molar-refractivity contribution in [3.05, 3.63) is 18.0 Å². The number of nitrogens with one attached hydrogen (secondary N) is 1. The fourth-order valence-electron chi connectivity index (χ4n) is 3.49. The second-order valence-electron chi connectivity index (χ2n) is 6.01. The number of pyridine rings is 1. The molecule has 2 heterocycles. The van der Waals surface area contributed by atoms with Gasteiger partial charge in [0.1, 0.15) is 0 Å². The minimum absolute atomic E-state index is 0.602. The van der Waals surface area contributed by atoms with Crippen molar-refractivity contribution in [2.75, 3.05) is 5.32 Å². The van der Waals surface area contributed by atoms with Gasteiger partial charge in [-0.05, 0) is 31.7 Å². The van der Waals surface area contributed by atoms with E-state index in [1.807, 2.05) is 24.9 Å². The fourth-order valence-corrected chi connectivity index (χ4v) is 3.49. The van der Waals surface area contributed by atoms with Crippen LogP contribution in [0.5, 0.6) is 0 Å². The molecule has 3 rings (SSSR count). The average Bonchev–Trinajstić information content (AvgIpc) is 2.74. The quantitative estimate of drug-likeness (QED) is 0.927. The fraction of sp³-hybridized carbons (Fsp3) is 0.625. The second-order valence-corrected chi connectivity index (χ2v) is 6.01. The van der Waals surface area contributed by atoms with Crippen LogP contribution in [0.15, 0.2) is 12.3 Å². The molecule has 108 valence electrons. The summed E-state index contributed by atoms with van der Waals surface area (Å²) in [6, 6.07) is 2.80. The zero-order valence-corrected chi connectivity index (χ0v) is 12.7. The van der Waals surface area contributed by atoms with Crippen molar-refractivity contribution in [3.8, 4) is 0 Å². The van der Waals surface area contributed by atoms with E-state index in [9.17, 15) is 0 Å². The van der Waals surface area contributed by atoms with Crippen molar-refractivity contribution in [2.45, 2.75) is 52.0 Å². The van der Waals surface area contributed by atoms with Crippen molar-refractivity contribution < 1.29 is 0 Å². The van der Waals surface area contributed by atoms with Gasteiger partial charge in [-0.1, -0.05) is 26.2 Å². The first-order valence-corrected chi connectivity index (χ1v) is 7.75. The van der Waals surface area contributed by atoms with Crippen molar-refractivity contribution in [1.29, 1.82) is 0 Å². The van der Waals surface area contributed by atoms with E-state index in [0.717, 1.165) is 28.3 Å². The minimum Gasteiger partial charge on any atom is -0.381 e. The molecular formula is C16H24N4. The molecule has 1 fully saturated rings. The van der Waals surface area contributed by atoms with E-state index in [2.05, 4.69) is 28.4 Å². The third-order valence-corrected chi connectivity index (χ3v) is 4.65. The van der Waals surface area contributed by atoms with Gasteiger partial charge in [0, 0.05) is 18.5 Å². The van der Waals surface area contributed by atoms with E-state index in [-0.39, 0.29) is 0 Å². The maximum Gasteiger partial charge on any atom is 0.157 e. The molecule has 0 aromatic carbocycles. The first-order valence-electron chi connectivity index (χ1n) is 7.75. The maximum absolute atomic E-state index is 4.56. The largest absolute Gasteiger partial charge is 0.381 e. The van der Waals surface area contributed by atoms with Crippen LogP contribution < -0.4 is 5.32 Å². The van der Waals surface area contributed by atoms with Crippen LogP contribution in [0.3, 0.4) is 0 Å². The molecule has 0 spiro atoms. The van der Waals surface area contributed by atoms with Gasteiger partial charge in [-0.2, -0.15) is 5.10 Å². The van der Waals surface area contributed by atoms with E-state index < -0.39 is 0 Å². The van der Waals surface area contributed by atoms with Crippen LogP contribution in [0.1, 0.15) is 44.7 Å². The normalized spacial score (nSPS) is 23.1. The molecule has 0 aliphatic heterocycles. The van der Waals surface area contributed by atoms with Gasteiger partial charge in [0.2, 0.25) is 0 Å². The van der Waals surface area contributed by atoms with Crippen LogP contribution in [0, 0.1) is 12.8 Å². The van der Waals surface area contributed by atoms with Gasteiger partial charge in [0.05, 0.1) is 17.6 Å². The van der Waals surface area contributed by atoms with Gasteiger partial charge in [0.25, 0.3) is 0 Å². The van der Waals surface area contributed by atoms with E-state index >= 15 is 0 Å². The summed E-state index contributed by atoms with van der Waals surface area (Å²) in [6.45, 7) is 4.35. The van der Waals surface area contributed by atoms with Gasteiger partial charge < -0.3 is 5.32 Å². The molecule has 1 aliphatic carbocycles. The van der Waals surface area contributed by atoms with Gasteiger partial charge in [-0.3, -0.25) is 4.68 Å². The molecule has 1 saturated carbocycles. The van der Waals surface area contributed by atoms with Crippen molar-refractivity contribution in [1.82, 2.24) is 14.8 Å². The molecule has 1 aliphatic rings. The molecule has 0 bridgehead atoms. The topological polar surface area (TPSA) is 42.7 Å². The lowest BCUT2D eigenvalue weighted by atomic mass is 9.83. The Balaban J connectivity index is 1.85. The van der Waals surface area contributed by atoms with E-state index in [0.29, 0.717) is 6.04 Å². The number of hydrogen-bond acceptors (Lipinski definition) is 3. The lowest BCUT2D eigenvalue weighted by molar-refractivity contribution is 0.317. The summed E-state index contributed by atoms with van der Waals surface area (Å²) in [6.07, 6.45) is 8.58. The summed E-state index contributed by atoms with van der Waals surface area (Å²) in [5, 5.41) is 9.30. The monoisotopic (exact) mass is 272 g/mol. The number of fused-ring (bicyclic) bond motifs is 1. The number of nitrogens with zero attached hydrogens (tertiary/aromatic N) is 3. The number of hydrogen-bond donors (Lipinski definition) is 1. The predicted octanol–water partition coefficient (Wildman–Crippen LogP) is 3.66. The van der Waals surface area contributed by atoms with Crippen LogP contribution in [-0.4, -0.2) is 20.8 Å². The molecule has 4 nitrogen and oxygen atoms in total. The van der Waals surface area contributed by atoms with E-state index in [4.69, 9.17) is 0 Å². The Kier molecular flexibility index (Phi) is 3.64. The SMILES string of the molecule is CCC1CCCCC1Nc1cnc2c(c1)c(C)nn2C. The second kappa shape index (κ2) is 5.43. The summed E-state index contributed by atoms with van der Waals surface area (Å²) in [4.78, 5) is 4.56. The first-order chi connectivity index (χ1) is 9.69. The third kappa shape index (κ3) is 2.39. The average molecular weight is 272 g/mol. The highest BCUT2D eigenvalue weighted by Crippen LogP contribution is 2.30. The first kappa shape index (κ1) is 13.4. The standard InChI is InChI=1S/C16H24N4/c1-4-12-7-5-6-8-15(12)18-13-9-14-11(2)19-20(3)16(14)17-10-13/h9-10,12,15,18H,4-8H2,1-3H3. The number of anilines is 1. The number of aromatic nitrogens is 3. The molecule has 0 radical (unpaired) electrons. The van der Waals surface area contributed by atoms with Gasteiger partial charge in [0.15, 0.2) is 5.65 Å². The number of aryl methyl sites for hydroxylation is 2. The highest BCUT2D eigenvalue weighted by Gasteiger charge is 2.23.